The van der Waals surface area contributed by atoms with Crippen LogP contribution < -0.4 is 0 Å². The van der Waals surface area contributed by atoms with E-state index < -0.39 is 15.4 Å². The van der Waals surface area contributed by atoms with E-state index in [0.29, 0.717) is 6.61 Å². The van der Waals surface area contributed by atoms with Crippen molar-refractivity contribution >= 4 is 15.4 Å². The molecule has 0 spiro atoms. The maximum Gasteiger partial charge on any atom is 0.551 e. The Morgan fingerprint density at radius 2 is 1.50 bits per heavy atom. The summed E-state index contributed by atoms with van der Waals surface area (Å²) >= 11 is 0. The van der Waals surface area contributed by atoms with Gasteiger partial charge in [-0.15, -0.1) is 0 Å². The van der Waals surface area contributed by atoms with Gasteiger partial charge in [-0.3, -0.25) is 0 Å². The lowest BCUT2D eigenvalue weighted by Gasteiger charge is -2.35. The summed E-state index contributed by atoms with van der Waals surface area (Å²) in [5.74, 6) is 6.06. The van der Waals surface area contributed by atoms with Crippen molar-refractivity contribution in [1.29, 1.82) is 0 Å². The molecule has 0 aromatic heterocycles. The summed E-state index contributed by atoms with van der Waals surface area (Å²) in [6.07, 6.45) is 0. The third-order valence-corrected chi connectivity index (χ3v) is 9.26. The Balaban J connectivity index is 2.54. The third kappa shape index (κ3) is 3.88. The molecule has 1 rings (SSSR count). The molecule has 0 aromatic carbocycles. The lowest BCUT2D eigenvalue weighted by atomic mass is 9.90. The molecule has 0 amide bonds. The van der Waals surface area contributed by atoms with Gasteiger partial charge >= 0.3 is 7.12 Å². The maximum absolute atomic E-state index is 6.01. The van der Waals surface area contributed by atoms with Crippen LogP contribution >= 0.6 is 0 Å². The SMILES string of the molecule is CC1(C)OB(C#CCO[Si](C)(C)C(C)(C)C)OC1(C)C. The van der Waals surface area contributed by atoms with Gasteiger partial charge in [0, 0.05) is 0 Å². The largest absolute Gasteiger partial charge is 0.551 e. The highest BCUT2D eigenvalue weighted by Crippen LogP contribution is 2.37. The zero-order valence-corrected chi connectivity index (χ0v) is 15.5. The molecule has 20 heavy (non-hydrogen) atoms. The Hall–Kier alpha value is -0.278. The molecule has 0 atom stereocenters. The van der Waals surface area contributed by atoms with Gasteiger partial charge in [-0.05, 0) is 45.8 Å². The van der Waals surface area contributed by atoms with E-state index in [2.05, 4.69) is 45.6 Å². The van der Waals surface area contributed by atoms with Gasteiger partial charge in [0.05, 0.1) is 17.8 Å². The zero-order chi connectivity index (χ0) is 15.8. The molecule has 114 valence electrons. The summed E-state index contributed by atoms with van der Waals surface area (Å²) in [6.45, 7) is 19.7. The summed E-state index contributed by atoms with van der Waals surface area (Å²) in [5, 5.41) is 0.207. The standard InChI is InChI=1S/C15H29BO3Si/c1-13(2,3)20(8,9)17-12-10-11-16-18-14(4,5)15(6,7)19-16/h12H2,1-9H3. The first kappa shape index (κ1) is 17.8. The topological polar surface area (TPSA) is 27.7 Å². The molecular formula is C15H29BO3Si. The van der Waals surface area contributed by atoms with Crippen molar-refractivity contribution in [2.24, 2.45) is 0 Å². The van der Waals surface area contributed by atoms with Crippen LogP contribution in [-0.2, 0) is 13.7 Å². The van der Waals surface area contributed by atoms with Crippen LogP contribution in [0.1, 0.15) is 48.5 Å². The minimum Gasteiger partial charge on any atom is -0.406 e. The molecule has 0 unspecified atom stereocenters. The van der Waals surface area contributed by atoms with Crippen LogP contribution in [0.25, 0.3) is 0 Å². The average molecular weight is 296 g/mol. The minimum absolute atomic E-state index is 0.207. The molecule has 0 N–H and O–H groups in total. The summed E-state index contributed by atoms with van der Waals surface area (Å²) in [6, 6.07) is 0. The Labute approximate surface area is 126 Å². The normalized spacial score (nSPS) is 21.6. The number of hydrogen-bond acceptors (Lipinski definition) is 3. The first-order valence-electron chi connectivity index (χ1n) is 7.26. The second-order valence-electron chi connectivity index (χ2n) is 7.96. The van der Waals surface area contributed by atoms with E-state index in [1.54, 1.807) is 0 Å². The molecule has 0 radical (unpaired) electrons. The molecule has 5 heteroatoms. The fourth-order valence-electron chi connectivity index (χ4n) is 1.46. The number of hydrogen-bond donors (Lipinski definition) is 0. The van der Waals surface area contributed by atoms with Gasteiger partial charge in [0.15, 0.2) is 8.32 Å². The van der Waals surface area contributed by atoms with E-state index in [4.69, 9.17) is 13.7 Å². The van der Waals surface area contributed by atoms with Crippen molar-refractivity contribution in [3.8, 4) is 11.7 Å². The molecule has 1 fully saturated rings. The lowest BCUT2D eigenvalue weighted by molar-refractivity contribution is 0.00578. The second-order valence-corrected chi connectivity index (χ2v) is 12.8. The van der Waals surface area contributed by atoms with Crippen LogP contribution in [-0.4, -0.2) is 33.2 Å². The van der Waals surface area contributed by atoms with Crippen molar-refractivity contribution in [3.05, 3.63) is 0 Å². The van der Waals surface area contributed by atoms with Crippen LogP contribution in [0.15, 0.2) is 0 Å². The Morgan fingerprint density at radius 1 is 1.05 bits per heavy atom. The summed E-state index contributed by atoms with van der Waals surface area (Å²) in [4.78, 5) is 0. The average Bonchev–Trinajstić information content (AvgIpc) is 2.41. The van der Waals surface area contributed by atoms with Crippen molar-refractivity contribution < 1.29 is 13.7 Å². The fourth-order valence-corrected chi connectivity index (χ4v) is 2.33. The highest BCUT2D eigenvalue weighted by molar-refractivity contribution is 6.74. The van der Waals surface area contributed by atoms with Gasteiger partial charge in [0.1, 0.15) is 0 Å². The van der Waals surface area contributed by atoms with Gasteiger partial charge in [0.2, 0.25) is 0 Å². The van der Waals surface area contributed by atoms with Crippen LogP contribution in [0.4, 0.5) is 0 Å². The summed E-state index contributed by atoms with van der Waals surface area (Å²) in [5.41, 5.74) is -0.654. The van der Waals surface area contributed by atoms with Gasteiger partial charge in [-0.25, -0.2) is 0 Å². The van der Waals surface area contributed by atoms with Crippen LogP contribution in [0.5, 0.6) is 0 Å². The maximum atomic E-state index is 6.01. The van der Waals surface area contributed by atoms with Gasteiger partial charge < -0.3 is 13.7 Å². The first-order chi connectivity index (χ1) is 8.79. The zero-order valence-electron chi connectivity index (χ0n) is 14.5. The third-order valence-electron chi connectivity index (χ3n) is 4.78. The highest BCUT2D eigenvalue weighted by Gasteiger charge is 2.50. The van der Waals surface area contributed by atoms with Crippen LogP contribution in [0.2, 0.25) is 18.1 Å². The van der Waals surface area contributed by atoms with Crippen molar-refractivity contribution in [2.75, 3.05) is 6.61 Å². The molecule has 0 bridgehead atoms. The molecule has 1 saturated heterocycles. The Bertz CT molecular complexity index is 397. The molecule has 0 aliphatic carbocycles. The monoisotopic (exact) mass is 296 g/mol. The molecule has 1 heterocycles. The predicted molar refractivity (Wildman–Crippen MR) is 87.0 cm³/mol. The Kier molecular flexibility index (Phi) is 4.88. The van der Waals surface area contributed by atoms with Gasteiger partial charge in [0.25, 0.3) is 0 Å². The molecule has 0 aromatic rings. The molecule has 1 aliphatic rings. The molecule has 3 nitrogen and oxygen atoms in total. The summed E-state index contributed by atoms with van der Waals surface area (Å²) < 4.78 is 17.7. The predicted octanol–water partition coefficient (Wildman–Crippen LogP) is 3.64. The van der Waals surface area contributed by atoms with Gasteiger partial charge in [-0.1, -0.05) is 32.5 Å². The minimum atomic E-state index is -1.72. The fraction of sp³-hybridized carbons (Fsp3) is 0.867. The van der Waals surface area contributed by atoms with Crippen LogP contribution in [0.3, 0.4) is 0 Å². The van der Waals surface area contributed by atoms with E-state index in [-0.39, 0.29) is 16.2 Å². The van der Waals surface area contributed by atoms with E-state index in [1.165, 1.54) is 0 Å². The van der Waals surface area contributed by atoms with Crippen molar-refractivity contribution in [2.45, 2.75) is 77.8 Å². The first-order valence-corrected chi connectivity index (χ1v) is 10.2. The van der Waals surface area contributed by atoms with E-state index >= 15 is 0 Å². The lowest BCUT2D eigenvalue weighted by Crippen LogP contribution is -2.41. The smallest absolute Gasteiger partial charge is 0.406 e. The van der Waals surface area contributed by atoms with Crippen molar-refractivity contribution in [1.82, 2.24) is 0 Å². The van der Waals surface area contributed by atoms with Crippen molar-refractivity contribution in [3.63, 3.8) is 0 Å². The summed E-state index contributed by atoms with van der Waals surface area (Å²) in [7, 11) is -2.18. The van der Waals surface area contributed by atoms with Crippen LogP contribution in [0, 0.1) is 11.7 Å². The quantitative estimate of drug-likeness (QED) is 0.575. The molecule has 0 saturated carbocycles. The van der Waals surface area contributed by atoms with E-state index in [0.717, 1.165) is 0 Å². The van der Waals surface area contributed by atoms with E-state index in [9.17, 15) is 0 Å². The highest BCUT2D eigenvalue weighted by atomic mass is 28.4. The molecule has 1 aliphatic heterocycles. The second kappa shape index (κ2) is 5.49. The number of rotatable bonds is 2. The Morgan fingerprint density at radius 3 is 1.90 bits per heavy atom. The molecular weight excluding hydrogens is 267 g/mol. The van der Waals surface area contributed by atoms with Gasteiger partial charge in [-0.2, -0.15) is 0 Å². The van der Waals surface area contributed by atoms with E-state index in [1.807, 2.05) is 27.7 Å².